The molecule has 0 aliphatic rings. The van der Waals surface area contributed by atoms with Crippen LogP contribution in [-0.2, 0) is 0 Å². The maximum Gasteiger partial charge on any atom is 0.332 e. The number of carbonyl (C=O) groups excluding carboxylic acids is 1. The molecular weight excluding hydrogens is 262 g/mol. The van der Waals surface area contributed by atoms with Crippen molar-refractivity contribution < 1.29 is 9.53 Å². The summed E-state index contributed by atoms with van der Waals surface area (Å²) >= 11 is 3.32. The molecule has 0 saturated carbocycles. The Hall–Kier alpha value is -1.56. The molecule has 0 aliphatic heterocycles. The summed E-state index contributed by atoms with van der Waals surface area (Å²) in [6.45, 7) is 0. The summed E-state index contributed by atoms with van der Waals surface area (Å²) in [4.78, 5) is 10.4. The molecule has 3 N–H and O–H groups in total. The standard InChI is InChI=1S/C9H10BrN3O2/c1-15-8-3-2-7(10)4-6(8)5-12-13-9(11)14/h2-5H,1H3,(H3,11,13,14)/b12-5+. The number of halogens is 1. The Morgan fingerprint density at radius 3 is 3.00 bits per heavy atom. The Labute approximate surface area is 95.4 Å². The fourth-order valence-corrected chi connectivity index (χ4v) is 1.35. The first-order valence-corrected chi connectivity index (χ1v) is 4.85. The first-order valence-electron chi connectivity index (χ1n) is 4.05. The quantitative estimate of drug-likeness (QED) is 0.645. The molecule has 0 spiro atoms. The van der Waals surface area contributed by atoms with E-state index in [0.717, 1.165) is 10.0 Å². The Morgan fingerprint density at radius 2 is 2.40 bits per heavy atom. The van der Waals surface area contributed by atoms with Crippen LogP contribution in [0.15, 0.2) is 27.8 Å². The molecule has 80 valence electrons. The van der Waals surface area contributed by atoms with Gasteiger partial charge < -0.3 is 10.5 Å². The zero-order valence-electron chi connectivity index (χ0n) is 8.03. The average molecular weight is 272 g/mol. The molecule has 0 radical (unpaired) electrons. The highest BCUT2D eigenvalue weighted by Crippen LogP contribution is 2.21. The molecule has 0 fully saturated rings. The van der Waals surface area contributed by atoms with Gasteiger partial charge in [0.1, 0.15) is 5.75 Å². The Kier molecular flexibility index (Phi) is 4.11. The van der Waals surface area contributed by atoms with Crippen molar-refractivity contribution in [3.63, 3.8) is 0 Å². The van der Waals surface area contributed by atoms with Crippen LogP contribution in [0.5, 0.6) is 5.75 Å². The van der Waals surface area contributed by atoms with Crippen molar-refractivity contribution in [2.45, 2.75) is 0 Å². The zero-order chi connectivity index (χ0) is 11.3. The number of nitrogens with two attached hydrogens (primary N) is 1. The van der Waals surface area contributed by atoms with Gasteiger partial charge in [-0.15, -0.1) is 0 Å². The Bertz CT molecular complexity index is 393. The topological polar surface area (TPSA) is 76.7 Å². The highest BCUT2D eigenvalue weighted by Gasteiger charge is 2.00. The normalized spacial score (nSPS) is 10.3. The van der Waals surface area contributed by atoms with Gasteiger partial charge in [-0.2, -0.15) is 5.10 Å². The number of rotatable bonds is 3. The van der Waals surface area contributed by atoms with Gasteiger partial charge in [-0.05, 0) is 18.2 Å². The van der Waals surface area contributed by atoms with Gasteiger partial charge in [0.05, 0.1) is 13.3 Å². The maximum atomic E-state index is 10.4. The lowest BCUT2D eigenvalue weighted by Crippen LogP contribution is -2.24. The summed E-state index contributed by atoms with van der Waals surface area (Å²) in [7, 11) is 1.56. The van der Waals surface area contributed by atoms with Crippen molar-refractivity contribution in [2.75, 3.05) is 7.11 Å². The van der Waals surface area contributed by atoms with Crippen LogP contribution in [0.4, 0.5) is 4.79 Å². The molecule has 1 aromatic carbocycles. The minimum Gasteiger partial charge on any atom is -0.496 e. The average Bonchev–Trinajstić information content (AvgIpc) is 2.17. The second kappa shape index (κ2) is 5.35. The molecule has 0 saturated heterocycles. The first-order chi connectivity index (χ1) is 7.13. The van der Waals surface area contributed by atoms with Crippen LogP contribution in [0.25, 0.3) is 0 Å². The second-order valence-electron chi connectivity index (χ2n) is 2.62. The fourth-order valence-electron chi connectivity index (χ4n) is 0.972. The Morgan fingerprint density at radius 1 is 1.67 bits per heavy atom. The van der Waals surface area contributed by atoms with Crippen molar-refractivity contribution in [3.8, 4) is 5.75 Å². The molecule has 5 nitrogen and oxygen atoms in total. The zero-order valence-corrected chi connectivity index (χ0v) is 9.61. The number of hydrogen-bond acceptors (Lipinski definition) is 3. The number of benzene rings is 1. The number of hydrazone groups is 1. The molecule has 15 heavy (non-hydrogen) atoms. The highest BCUT2D eigenvalue weighted by atomic mass is 79.9. The number of nitrogens with one attached hydrogen (secondary N) is 1. The van der Waals surface area contributed by atoms with Crippen LogP contribution in [-0.4, -0.2) is 19.4 Å². The Balaban J connectivity index is 2.87. The number of hydrogen-bond donors (Lipinski definition) is 2. The van der Waals surface area contributed by atoms with E-state index in [1.54, 1.807) is 13.2 Å². The van der Waals surface area contributed by atoms with E-state index in [2.05, 4.69) is 26.5 Å². The molecule has 0 heterocycles. The summed E-state index contributed by atoms with van der Waals surface area (Å²) in [6.07, 6.45) is 1.45. The van der Waals surface area contributed by atoms with Crippen molar-refractivity contribution in [1.82, 2.24) is 5.43 Å². The van der Waals surface area contributed by atoms with Gasteiger partial charge in [0.25, 0.3) is 0 Å². The number of amides is 2. The van der Waals surface area contributed by atoms with E-state index >= 15 is 0 Å². The number of nitrogens with zero attached hydrogens (tertiary/aromatic N) is 1. The van der Waals surface area contributed by atoms with Crippen LogP contribution in [0, 0.1) is 0 Å². The molecule has 0 unspecified atom stereocenters. The van der Waals surface area contributed by atoms with E-state index in [9.17, 15) is 4.79 Å². The predicted molar refractivity (Wildman–Crippen MR) is 61.0 cm³/mol. The van der Waals surface area contributed by atoms with Crippen LogP contribution in [0.3, 0.4) is 0 Å². The molecule has 1 aromatic rings. The molecule has 0 aliphatic carbocycles. The molecule has 2 amide bonds. The van der Waals surface area contributed by atoms with Gasteiger partial charge in [-0.25, -0.2) is 10.2 Å². The number of primary amides is 1. The van der Waals surface area contributed by atoms with E-state index in [1.165, 1.54) is 6.21 Å². The largest absolute Gasteiger partial charge is 0.496 e. The van der Waals surface area contributed by atoms with E-state index < -0.39 is 6.03 Å². The van der Waals surface area contributed by atoms with Gasteiger partial charge in [0, 0.05) is 10.0 Å². The summed E-state index contributed by atoms with van der Waals surface area (Å²) in [5.74, 6) is 0.660. The smallest absolute Gasteiger partial charge is 0.332 e. The molecular formula is C9H10BrN3O2. The summed E-state index contributed by atoms with van der Waals surface area (Å²) in [5, 5.41) is 3.64. The molecule has 0 bridgehead atoms. The summed E-state index contributed by atoms with van der Waals surface area (Å²) in [6, 6.07) is 4.73. The van der Waals surface area contributed by atoms with Crippen LogP contribution < -0.4 is 15.9 Å². The van der Waals surface area contributed by atoms with Crippen LogP contribution in [0.2, 0.25) is 0 Å². The van der Waals surface area contributed by atoms with Crippen molar-refractivity contribution >= 4 is 28.2 Å². The van der Waals surface area contributed by atoms with Crippen molar-refractivity contribution in [3.05, 3.63) is 28.2 Å². The predicted octanol–water partition coefficient (Wildman–Crippen LogP) is 1.46. The monoisotopic (exact) mass is 271 g/mol. The van der Waals surface area contributed by atoms with Crippen molar-refractivity contribution in [2.24, 2.45) is 10.8 Å². The maximum absolute atomic E-state index is 10.4. The van der Waals surface area contributed by atoms with Crippen molar-refractivity contribution in [1.29, 1.82) is 0 Å². The number of carbonyl (C=O) groups is 1. The van der Waals surface area contributed by atoms with E-state index in [0.29, 0.717) is 5.75 Å². The van der Waals surface area contributed by atoms with E-state index in [-0.39, 0.29) is 0 Å². The van der Waals surface area contributed by atoms with E-state index in [4.69, 9.17) is 10.5 Å². The van der Waals surface area contributed by atoms with Gasteiger partial charge in [0.2, 0.25) is 0 Å². The molecule has 0 atom stereocenters. The lowest BCUT2D eigenvalue weighted by atomic mass is 10.2. The third-order valence-electron chi connectivity index (χ3n) is 1.57. The van der Waals surface area contributed by atoms with Gasteiger partial charge in [0.15, 0.2) is 0 Å². The third kappa shape index (κ3) is 3.59. The van der Waals surface area contributed by atoms with Crippen LogP contribution >= 0.6 is 15.9 Å². The lowest BCUT2D eigenvalue weighted by molar-refractivity contribution is 0.249. The van der Waals surface area contributed by atoms with Gasteiger partial charge in [-0.3, -0.25) is 0 Å². The van der Waals surface area contributed by atoms with Crippen LogP contribution in [0.1, 0.15) is 5.56 Å². The molecule has 6 heteroatoms. The van der Waals surface area contributed by atoms with Gasteiger partial charge in [-0.1, -0.05) is 15.9 Å². The number of urea groups is 1. The second-order valence-corrected chi connectivity index (χ2v) is 3.54. The fraction of sp³-hybridized carbons (Fsp3) is 0.111. The highest BCUT2D eigenvalue weighted by molar-refractivity contribution is 9.10. The lowest BCUT2D eigenvalue weighted by Gasteiger charge is -2.04. The van der Waals surface area contributed by atoms with Gasteiger partial charge >= 0.3 is 6.03 Å². The minimum atomic E-state index is -0.708. The minimum absolute atomic E-state index is 0.660. The summed E-state index contributed by atoms with van der Waals surface area (Å²) in [5.41, 5.74) is 7.69. The first kappa shape index (κ1) is 11.5. The summed E-state index contributed by atoms with van der Waals surface area (Å²) < 4.78 is 5.99. The third-order valence-corrected chi connectivity index (χ3v) is 2.06. The number of ether oxygens (including phenoxy) is 1. The molecule has 1 rings (SSSR count). The SMILES string of the molecule is COc1ccc(Br)cc1/C=N/NC(N)=O. The van der Waals surface area contributed by atoms with E-state index in [1.807, 2.05) is 12.1 Å². The number of methoxy groups -OCH3 is 1. The molecule has 0 aromatic heterocycles.